The summed E-state index contributed by atoms with van der Waals surface area (Å²) < 4.78 is 8.24. The van der Waals surface area contributed by atoms with Crippen molar-refractivity contribution in [3.05, 3.63) is 88.2 Å². The molecule has 0 amide bonds. The van der Waals surface area contributed by atoms with E-state index in [0.717, 1.165) is 49.1 Å². The summed E-state index contributed by atoms with van der Waals surface area (Å²) in [5.41, 5.74) is 4.13. The van der Waals surface area contributed by atoms with Gasteiger partial charge in [-0.3, -0.25) is 4.57 Å². The largest absolute Gasteiger partial charge is 0.483 e. The molecule has 0 aliphatic heterocycles. The van der Waals surface area contributed by atoms with Crippen LogP contribution in [-0.4, -0.2) is 19.7 Å². The maximum absolute atomic E-state index is 6.29. The molecule has 33 heavy (non-hydrogen) atoms. The Morgan fingerprint density at radius 1 is 1.18 bits per heavy atom. The lowest BCUT2D eigenvalue weighted by Gasteiger charge is -2.17. The van der Waals surface area contributed by atoms with Gasteiger partial charge in [-0.25, -0.2) is 4.98 Å². The topological polar surface area (TPSA) is 52.8 Å². The fraction of sp³-hybridized carbons (Fsp3) is 0.240. The Hall–Kier alpha value is -2.61. The SMILES string of the molecule is C=CCn1c(SCc2csc(-c3ccccc3)n2)nnc1C(C)Oc1cc(C)c(Cl)c(C)c1. The Morgan fingerprint density at radius 3 is 2.61 bits per heavy atom. The van der Waals surface area contributed by atoms with Crippen LogP contribution >= 0.6 is 34.7 Å². The average Bonchev–Trinajstić information content (AvgIpc) is 3.44. The number of thiazole rings is 1. The van der Waals surface area contributed by atoms with Gasteiger partial charge in [-0.15, -0.1) is 28.1 Å². The molecule has 2 heterocycles. The number of nitrogens with zero attached hydrogens (tertiary/aromatic N) is 4. The Kier molecular flexibility index (Phi) is 7.53. The second kappa shape index (κ2) is 10.5. The van der Waals surface area contributed by atoms with E-state index in [0.29, 0.717) is 12.3 Å². The second-order valence-electron chi connectivity index (χ2n) is 7.67. The van der Waals surface area contributed by atoms with Gasteiger partial charge in [-0.1, -0.05) is 59.8 Å². The Morgan fingerprint density at radius 2 is 1.91 bits per heavy atom. The number of thioether (sulfide) groups is 1. The van der Waals surface area contributed by atoms with Crippen molar-refractivity contribution in [2.45, 2.75) is 44.3 Å². The zero-order valence-corrected chi connectivity index (χ0v) is 21.2. The van der Waals surface area contributed by atoms with E-state index in [4.69, 9.17) is 21.3 Å². The number of allylic oxidation sites excluding steroid dienone is 1. The van der Waals surface area contributed by atoms with Crippen LogP contribution in [0.5, 0.6) is 5.75 Å². The molecule has 0 spiro atoms. The normalized spacial score (nSPS) is 12.0. The predicted molar refractivity (Wildman–Crippen MR) is 137 cm³/mol. The van der Waals surface area contributed by atoms with E-state index >= 15 is 0 Å². The zero-order valence-electron chi connectivity index (χ0n) is 18.8. The number of benzene rings is 2. The van der Waals surface area contributed by atoms with E-state index < -0.39 is 0 Å². The number of rotatable bonds is 9. The molecule has 0 aliphatic carbocycles. The molecule has 0 radical (unpaired) electrons. The molecule has 5 nitrogen and oxygen atoms in total. The number of aromatic nitrogens is 4. The van der Waals surface area contributed by atoms with E-state index in [9.17, 15) is 0 Å². The van der Waals surface area contributed by atoms with Crippen LogP contribution in [0.25, 0.3) is 10.6 Å². The van der Waals surface area contributed by atoms with Crippen LogP contribution in [0.15, 0.2) is 65.7 Å². The average molecular weight is 497 g/mol. The number of halogens is 1. The van der Waals surface area contributed by atoms with E-state index in [2.05, 4.69) is 34.3 Å². The van der Waals surface area contributed by atoms with Crippen LogP contribution in [0, 0.1) is 13.8 Å². The molecule has 0 saturated carbocycles. The summed E-state index contributed by atoms with van der Waals surface area (Å²) in [6.45, 7) is 10.4. The molecular weight excluding hydrogens is 472 g/mol. The summed E-state index contributed by atoms with van der Waals surface area (Å²) in [4.78, 5) is 4.78. The fourth-order valence-electron chi connectivity index (χ4n) is 3.46. The van der Waals surface area contributed by atoms with Crippen LogP contribution in [0.4, 0.5) is 0 Å². The minimum absolute atomic E-state index is 0.282. The van der Waals surface area contributed by atoms with Crippen molar-refractivity contribution in [3.8, 4) is 16.3 Å². The lowest BCUT2D eigenvalue weighted by atomic mass is 10.1. The van der Waals surface area contributed by atoms with Gasteiger partial charge >= 0.3 is 0 Å². The first kappa shape index (κ1) is 23.5. The first-order chi connectivity index (χ1) is 16.0. The summed E-state index contributed by atoms with van der Waals surface area (Å²) >= 11 is 9.56. The molecule has 0 aliphatic rings. The summed E-state index contributed by atoms with van der Waals surface area (Å²) in [6, 6.07) is 14.1. The predicted octanol–water partition coefficient (Wildman–Crippen LogP) is 7.29. The van der Waals surface area contributed by atoms with Crippen LogP contribution in [-0.2, 0) is 12.3 Å². The van der Waals surface area contributed by atoms with Gasteiger partial charge in [-0.2, -0.15) is 0 Å². The summed E-state index contributed by atoms with van der Waals surface area (Å²) in [5, 5.41) is 13.6. The van der Waals surface area contributed by atoms with Crippen LogP contribution < -0.4 is 4.74 Å². The lowest BCUT2D eigenvalue weighted by Crippen LogP contribution is -2.12. The van der Waals surface area contributed by atoms with Crippen LogP contribution in [0.2, 0.25) is 5.02 Å². The third kappa shape index (κ3) is 5.49. The quantitative estimate of drug-likeness (QED) is 0.180. The highest BCUT2D eigenvalue weighted by Crippen LogP contribution is 2.31. The maximum atomic E-state index is 6.29. The fourth-order valence-corrected chi connectivity index (χ4v) is 5.35. The van der Waals surface area contributed by atoms with Gasteiger partial charge in [-0.05, 0) is 44.0 Å². The van der Waals surface area contributed by atoms with Gasteiger partial charge in [0, 0.05) is 28.3 Å². The minimum atomic E-state index is -0.282. The molecule has 4 aromatic rings. The van der Waals surface area contributed by atoms with Gasteiger partial charge in [0.15, 0.2) is 17.1 Å². The van der Waals surface area contributed by atoms with Gasteiger partial charge in [0.05, 0.1) is 5.69 Å². The Labute approximate surface area is 207 Å². The molecule has 0 fully saturated rings. The van der Waals surface area contributed by atoms with E-state index in [-0.39, 0.29) is 6.10 Å². The zero-order chi connectivity index (χ0) is 23.4. The highest BCUT2D eigenvalue weighted by Gasteiger charge is 2.20. The van der Waals surface area contributed by atoms with E-state index in [1.807, 2.05) is 61.7 Å². The molecule has 8 heteroatoms. The van der Waals surface area contributed by atoms with Crippen molar-refractivity contribution in [1.29, 1.82) is 0 Å². The molecule has 0 N–H and O–H groups in total. The maximum Gasteiger partial charge on any atom is 0.192 e. The first-order valence-electron chi connectivity index (χ1n) is 10.6. The number of aryl methyl sites for hydroxylation is 2. The van der Waals surface area contributed by atoms with Crippen molar-refractivity contribution < 1.29 is 4.74 Å². The highest BCUT2D eigenvalue weighted by atomic mass is 35.5. The monoisotopic (exact) mass is 496 g/mol. The third-order valence-corrected chi connectivity index (χ3v) is 7.60. The molecule has 2 aromatic carbocycles. The Bertz CT molecular complexity index is 1230. The van der Waals surface area contributed by atoms with Gasteiger partial charge in [0.1, 0.15) is 10.8 Å². The first-order valence-corrected chi connectivity index (χ1v) is 12.8. The molecule has 0 saturated heterocycles. The molecule has 1 atom stereocenters. The molecular formula is C25H25ClN4OS2. The summed E-state index contributed by atoms with van der Waals surface area (Å²) in [6.07, 6.45) is 1.56. The lowest BCUT2D eigenvalue weighted by molar-refractivity contribution is 0.210. The highest BCUT2D eigenvalue weighted by molar-refractivity contribution is 7.98. The second-order valence-corrected chi connectivity index (χ2v) is 9.85. The van der Waals surface area contributed by atoms with Gasteiger partial charge in [0.25, 0.3) is 0 Å². The van der Waals surface area contributed by atoms with Crippen LogP contribution in [0.3, 0.4) is 0 Å². The van der Waals surface area contributed by atoms with Gasteiger partial charge < -0.3 is 4.74 Å². The van der Waals surface area contributed by atoms with Crippen molar-refractivity contribution in [2.75, 3.05) is 0 Å². The van der Waals surface area contributed by atoms with E-state index in [1.54, 1.807) is 23.1 Å². The molecule has 1 unspecified atom stereocenters. The molecule has 170 valence electrons. The minimum Gasteiger partial charge on any atom is -0.483 e. The van der Waals surface area contributed by atoms with Crippen molar-refractivity contribution in [3.63, 3.8) is 0 Å². The smallest absolute Gasteiger partial charge is 0.192 e. The number of hydrogen-bond acceptors (Lipinski definition) is 6. The molecule has 2 aromatic heterocycles. The number of hydrogen-bond donors (Lipinski definition) is 0. The van der Waals surface area contributed by atoms with Crippen LogP contribution in [0.1, 0.15) is 35.7 Å². The van der Waals surface area contributed by atoms with Crippen molar-refractivity contribution >= 4 is 34.7 Å². The molecule has 4 rings (SSSR count). The standard InChI is InChI=1S/C25H25ClN4OS2/c1-5-11-30-23(18(4)31-21-12-16(2)22(26)17(3)13-21)28-29-25(30)33-15-20-14-32-24(27-20)19-9-7-6-8-10-19/h5-10,12-14,18H,1,11,15H2,2-4H3. The molecule has 0 bridgehead atoms. The van der Waals surface area contributed by atoms with Crippen molar-refractivity contribution in [1.82, 2.24) is 19.7 Å². The third-order valence-electron chi connectivity index (χ3n) is 5.07. The van der Waals surface area contributed by atoms with Gasteiger partial charge in [0.2, 0.25) is 0 Å². The van der Waals surface area contributed by atoms with E-state index in [1.165, 1.54) is 0 Å². The Balaban J connectivity index is 1.48. The number of ether oxygens (including phenoxy) is 1. The van der Waals surface area contributed by atoms with Crippen molar-refractivity contribution in [2.24, 2.45) is 0 Å². The summed E-state index contributed by atoms with van der Waals surface area (Å²) in [5.74, 6) is 2.23. The summed E-state index contributed by atoms with van der Waals surface area (Å²) in [7, 11) is 0.